The maximum absolute atomic E-state index is 5.81. The molecule has 0 spiro atoms. The molecule has 0 aliphatic carbocycles. The smallest absolute Gasteiger partial charge is 0.0646 e. The number of benzene rings is 1. The molecule has 0 unspecified atom stereocenters. The minimum atomic E-state index is 0.587. The zero-order chi connectivity index (χ0) is 9.68. The third-order valence-electron chi connectivity index (χ3n) is 1.46. The van der Waals surface area contributed by atoms with E-state index in [1.165, 1.54) is 0 Å². The van der Waals surface area contributed by atoms with E-state index in [1.54, 1.807) is 13.2 Å². The largest absolute Gasteiger partial charge is 0.381 e. The van der Waals surface area contributed by atoms with Gasteiger partial charge in [-0.3, -0.25) is 0 Å². The van der Waals surface area contributed by atoms with Crippen LogP contribution in [0.3, 0.4) is 0 Å². The molecule has 0 radical (unpaired) electrons. The summed E-state index contributed by atoms with van der Waals surface area (Å²) in [6.07, 6.45) is 3.82. The number of rotatable bonds is 3. The molecule has 70 valence electrons. The van der Waals surface area contributed by atoms with Crippen LogP contribution in [0.5, 0.6) is 0 Å². The summed E-state index contributed by atoms with van der Waals surface area (Å²) < 4.78 is 4.87. The van der Waals surface area contributed by atoms with Crippen molar-refractivity contribution >= 4 is 29.3 Å². The van der Waals surface area contributed by atoms with Gasteiger partial charge in [-0.05, 0) is 23.8 Å². The maximum Gasteiger partial charge on any atom is 0.0646 e. The van der Waals surface area contributed by atoms with E-state index in [1.807, 2.05) is 24.3 Å². The van der Waals surface area contributed by atoms with Crippen molar-refractivity contribution in [1.29, 1.82) is 0 Å². The fraction of sp³-hybridized carbons (Fsp3) is 0.200. The topological polar surface area (TPSA) is 9.23 Å². The second kappa shape index (κ2) is 5.28. The molecule has 0 heterocycles. The van der Waals surface area contributed by atoms with Crippen LogP contribution in [0.4, 0.5) is 0 Å². The van der Waals surface area contributed by atoms with Crippen LogP contribution in [0.2, 0.25) is 10.0 Å². The molecule has 0 aromatic heterocycles. The highest BCUT2D eigenvalue weighted by Crippen LogP contribution is 2.19. The Morgan fingerprint density at radius 3 is 2.38 bits per heavy atom. The van der Waals surface area contributed by atoms with E-state index in [-0.39, 0.29) is 0 Å². The van der Waals surface area contributed by atoms with Gasteiger partial charge in [0, 0.05) is 17.2 Å². The van der Waals surface area contributed by atoms with E-state index < -0.39 is 0 Å². The lowest BCUT2D eigenvalue weighted by atomic mass is 10.2. The molecule has 1 aromatic rings. The summed E-state index contributed by atoms with van der Waals surface area (Å²) in [6.45, 7) is 0.587. The van der Waals surface area contributed by atoms with Crippen LogP contribution < -0.4 is 0 Å². The molecule has 13 heavy (non-hydrogen) atoms. The molecule has 1 rings (SSSR count). The molecular formula is C10H10Cl2O. The minimum Gasteiger partial charge on any atom is -0.381 e. The van der Waals surface area contributed by atoms with Crippen LogP contribution in [0.25, 0.3) is 6.08 Å². The Labute approximate surface area is 87.9 Å². The van der Waals surface area contributed by atoms with E-state index in [4.69, 9.17) is 27.9 Å². The maximum atomic E-state index is 5.81. The average Bonchev–Trinajstić information content (AvgIpc) is 2.03. The van der Waals surface area contributed by atoms with Crippen molar-refractivity contribution in [2.24, 2.45) is 0 Å². The Kier molecular flexibility index (Phi) is 4.29. The molecule has 0 N–H and O–H groups in total. The van der Waals surface area contributed by atoms with Crippen LogP contribution in [-0.4, -0.2) is 13.7 Å². The van der Waals surface area contributed by atoms with Crippen molar-refractivity contribution < 1.29 is 4.74 Å². The highest BCUT2D eigenvalue weighted by atomic mass is 35.5. The first-order chi connectivity index (χ1) is 6.22. The summed E-state index contributed by atoms with van der Waals surface area (Å²) in [5.41, 5.74) is 0.981. The van der Waals surface area contributed by atoms with Crippen molar-refractivity contribution in [3.05, 3.63) is 39.9 Å². The predicted molar refractivity (Wildman–Crippen MR) is 57.4 cm³/mol. The van der Waals surface area contributed by atoms with Crippen LogP contribution in [-0.2, 0) is 4.74 Å². The lowest BCUT2D eigenvalue weighted by Gasteiger charge is -1.96. The molecule has 3 heteroatoms. The Balaban J connectivity index is 2.77. The molecule has 1 aromatic carbocycles. The number of ether oxygens (including phenoxy) is 1. The van der Waals surface area contributed by atoms with Gasteiger partial charge in [0.05, 0.1) is 6.61 Å². The fourth-order valence-electron chi connectivity index (χ4n) is 0.952. The van der Waals surface area contributed by atoms with Crippen LogP contribution in [0, 0.1) is 0 Å². The average molecular weight is 217 g/mol. The monoisotopic (exact) mass is 216 g/mol. The van der Waals surface area contributed by atoms with Crippen molar-refractivity contribution in [3.63, 3.8) is 0 Å². The zero-order valence-corrected chi connectivity index (χ0v) is 8.77. The predicted octanol–water partition coefficient (Wildman–Crippen LogP) is 3.65. The summed E-state index contributed by atoms with van der Waals surface area (Å²) in [7, 11) is 1.65. The van der Waals surface area contributed by atoms with Gasteiger partial charge in [-0.25, -0.2) is 0 Å². The second-order valence-corrected chi connectivity index (χ2v) is 3.43. The summed E-state index contributed by atoms with van der Waals surface area (Å²) in [4.78, 5) is 0. The SMILES string of the molecule is COCC=Cc1cc(Cl)cc(Cl)c1. The van der Waals surface area contributed by atoms with Crippen molar-refractivity contribution in [1.82, 2.24) is 0 Å². The first kappa shape index (κ1) is 10.6. The minimum absolute atomic E-state index is 0.587. The summed E-state index contributed by atoms with van der Waals surface area (Å²) >= 11 is 11.6. The van der Waals surface area contributed by atoms with Crippen LogP contribution >= 0.6 is 23.2 Å². The normalized spacial score (nSPS) is 11.0. The van der Waals surface area contributed by atoms with Gasteiger partial charge in [-0.15, -0.1) is 0 Å². The molecule has 0 aliphatic rings. The van der Waals surface area contributed by atoms with Gasteiger partial charge in [0.25, 0.3) is 0 Å². The summed E-state index contributed by atoms with van der Waals surface area (Å²) in [5.74, 6) is 0. The lowest BCUT2D eigenvalue weighted by molar-refractivity contribution is 0.234. The van der Waals surface area contributed by atoms with Gasteiger partial charge in [0.2, 0.25) is 0 Å². The first-order valence-corrected chi connectivity index (χ1v) is 4.59. The summed E-state index contributed by atoms with van der Waals surface area (Å²) in [6, 6.07) is 5.40. The van der Waals surface area contributed by atoms with Gasteiger partial charge in [0.15, 0.2) is 0 Å². The van der Waals surface area contributed by atoms with E-state index in [2.05, 4.69) is 0 Å². The standard InChI is InChI=1S/C10H10Cl2O/c1-13-4-2-3-8-5-9(11)7-10(12)6-8/h2-3,5-7H,4H2,1H3. The van der Waals surface area contributed by atoms with Crippen LogP contribution in [0.1, 0.15) is 5.56 Å². The number of halogens is 2. The molecular weight excluding hydrogens is 207 g/mol. The number of hydrogen-bond donors (Lipinski definition) is 0. The molecule has 0 amide bonds. The molecule has 0 fully saturated rings. The van der Waals surface area contributed by atoms with Crippen molar-refractivity contribution in [2.75, 3.05) is 13.7 Å². The van der Waals surface area contributed by atoms with E-state index in [0.717, 1.165) is 5.56 Å². The van der Waals surface area contributed by atoms with Crippen molar-refractivity contribution in [2.45, 2.75) is 0 Å². The Morgan fingerprint density at radius 1 is 1.23 bits per heavy atom. The number of methoxy groups -OCH3 is 1. The fourth-order valence-corrected chi connectivity index (χ4v) is 1.49. The molecule has 0 saturated heterocycles. The summed E-state index contributed by atoms with van der Waals surface area (Å²) in [5, 5.41) is 1.29. The van der Waals surface area contributed by atoms with E-state index in [0.29, 0.717) is 16.7 Å². The van der Waals surface area contributed by atoms with Crippen molar-refractivity contribution in [3.8, 4) is 0 Å². The Hall–Kier alpha value is -0.500. The van der Waals surface area contributed by atoms with Crippen LogP contribution in [0.15, 0.2) is 24.3 Å². The van der Waals surface area contributed by atoms with Gasteiger partial charge in [-0.1, -0.05) is 35.4 Å². The first-order valence-electron chi connectivity index (χ1n) is 3.84. The van der Waals surface area contributed by atoms with Gasteiger partial charge >= 0.3 is 0 Å². The zero-order valence-electron chi connectivity index (χ0n) is 7.26. The second-order valence-electron chi connectivity index (χ2n) is 2.56. The highest BCUT2D eigenvalue weighted by Gasteiger charge is 1.93. The van der Waals surface area contributed by atoms with Gasteiger partial charge in [-0.2, -0.15) is 0 Å². The Bertz CT molecular complexity index is 288. The third kappa shape index (κ3) is 3.81. The Morgan fingerprint density at radius 2 is 1.85 bits per heavy atom. The van der Waals surface area contributed by atoms with Gasteiger partial charge < -0.3 is 4.74 Å². The molecule has 0 atom stereocenters. The molecule has 0 bridgehead atoms. The lowest BCUT2D eigenvalue weighted by Crippen LogP contribution is -1.80. The third-order valence-corrected chi connectivity index (χ3v) is 1.89. The molecule has 0 aliphatic heterocycles. The quantitative estimate of drug-likeness (QED) is 0.750. The van der Waals surface area contributed by atoms with Gasteiger partial charge in [0.1, 0.15) is 0 Å². The molecule has 0 saturated carbocycles. The number of hydrogen-bond acceptors (Lipinski definition) is 1. The molecule has 1 nitrogen and oxygen atoms in total. The van der Waals surface area contributed by atoms with E-state index in [9.17, 15) is 0 Å². The van der Waals surface area contributed by atoms with E-state index >= 15 is 0 Å². The highest BCUT2D eigenvalue weighted by molar-refractivity contribution is 6.34.